The quantitative estimate of drug-likeness (QED) is 0.278. The van der Waals surface area contributed by atoms with E-state index in [1.54, 1.807) is 36.5 Å². The van der Waals surface area contributed by atoms with Gasteiger partial charge in [-0.15, -0.1) is 0 Å². The SMILES string of the molecule is COC(=O)[C@H](Cc1ccc(-c2ccc(C#N)cc2Cl)c2ncccc12)NC(=O)c1c(Cl)cc(F)cc1Cl. The van der Waals surface area contributed by atoms with Gasteiger partial charge in [-0.25, -0.2) is 9.18 Å². The molecule has 0 aliphatic carbocycles. The average Bonchev–Trinajstić information content (AvgIpc) is 2.87. The molecule has 1 aromatic heterocycles. The molecular weight excluding hydrogens is 540 g/mol. The van der Waals surface area contributed by atoms with Crippen molar-refractivity contribution >= 4 is 57.6 Å². The summed E-state index contributed by atoms with van der Waals surface area (Å²) in [6.45, 7) is 0. The number of carbonyl (C=O) groups excluding carboxylic acids is 2. The van der Waals surface area contributed by atoms with Crippen molar-refractivity contribution in [2.24, 2.45) is 0 Å². The summed E-state index contributed by atoms with van der Waals surface area (Å²) in [5.74, 6) is -2.15. The zero-order valence-corrected chi connectivity index (χ0v) is 21.5. The highest BCUT2D eigenvalue weighted by Crippen LogP contribution is 2.35. The third-order valence-electron chi connectivity index (χ3n) is 5.70. The number of methoxy groups -OCH3 is 1. The van der Waals surface area contributed by atoms with Gasteiger partial charge >= 0.3 is 5.97 Å². The number of halogens is 4. The van der Waals surface area contributed by atoms with Gasteiger partial charge in [0.15, 0.2) is 0 Å². The Morgan fingerprint density at radius 3 is 2.41 bits per heavy atom. The monoisotopic (exact) mass is 555 g/mol. The van der Waals surface area contributed by atoms with Crippen molar-refractivity contribution in [1.29, 1.82) is 5.26 Å². The molecule has 0 saturated carbocycles. The lowest BCUT2D eigenvalue weighted by atomic mass is 9.94. The molecule has 0 bridgehead atoms. The summed E-state index contributed by atoms with van der Waals surface area (Å²) >= 11 is 18.5. The Hall–Kier alpha value is -3.70. The molecule has 0 saturated heterocycles. The Bertz CT molecular complexity index is 1560. The smallest absolute Gasteiger partial charge is 0.328 e. The highest BCUT2D eigenvalue weighted by molar-refractivity contribution is 6.39. The van der Waals surface area contributed by atoms with Crippen molar-refractivity contribution in [2.75, 3.05) is 7.11 Å². The standard InChI is InChI=1S/C27H17Cl3FN3O3/c1-37-27(36)23(34-26(35)24-21(29)11-16(31)12-22(24)30)10-15-5-7-19(25-17(15)3-2-8-33-25)18-6-4-14(13-32)9-20(18)28/h2-9,11-12,23H,10H2,1H3,(H,34,35)/t23-/m0/s1. The highest BCUT2D eigenvalue weighted by atomic mass is 35.5. The van der Waals surface area contributed by atoms with Crippen molar-refractivity contribution in [3.63, 3.8) is 0 Å². The molecule has 10 heteroatoms. The lowest BCUT2D eigenvalue weighted by Gasteiger charge is -2.19. The third kappa shape index (κ3) is 5.52. The van der Waals surface area contributed by atoms with Crippen LogP contribution in [0.15, 0.2) is 60.8 Å². The van der Waals surface area contributed by atoms with Gasteiger partial charge in [0.25, 0.3) is 5.91 Å². The highest BCUT2D eigenvalue weighted by Gasteiger charge is 2.26. The van der Waals surface area contributed by atoms with Crippen LogP contribution in [0.1, 0.15) is 21.5 Å². The second-order valence-electron chi connectivity index (χ2n) is 7.98. The second-order valence-corrected chi connectivity index (χ2v) is 9.20. The maximum absolute atomic E-state index is 13.6. The molecule has 0 aliphatic heterocycles. The Balaban J connectivity index is 1.72. The fraction of sp³-hybridized carbons (Fsp3) is 0.111. The molecule has 1 amide bonds. The predicted octanol–water partition coefficient (Wildman–Crippen LogP) is 6.39. The predicted molar refractivity (Wildman–Crippen MR) is 140 cm³/mol. The topological polar surface area (TPSA) is 92.1 Å². The molecular formula is C27H17Cl3FN3O3. The Labute approximate surface area is 226 Å². The minimum Gasteiger partial charge on any atom is -0.467 e. The van der Waals surface area contributed by atoms with Gasteiger partial charge in [0.05, 0.1) is 39.9 Å². The summed E-state index contributed by atoms with van der Waals surface area (Å²) in [7, 11) is 1.20. The first-order chi connectivity index (χ1) is 17.7. The minimum absolute atomic E-state index is 0.0540. The van der Waals surface area contributed by atoms with E-state index < -0.39 is 23.7 Å². The van der Waals surface area contributed by atoms with E-state index in [2.05, 4.69) is 16.4 Å². The number of aromatic nitrogens is 1. The Kier molecular flexibility index (Phi) is 7.94. The molecule has 0 fully saturated rings. The number of pyridine rings is 1. The summed E-state index contributed by atoms with van der Waals surface area (Å²) in [5.41, 5.74) is 3.01. The first kappa shape index (κ1) is 26.4. The van der Waals surface area contributed by atoms with Crippen LogP contribution in [-0.4, -0.2) is 30.0 Å². The number of benzene rings is 3. The van der Waals surface area contributed by atoms with Crippen molar-refractivity contribution in [1.82, 2.24) is 10.3 Å². The van der Waals surface area contributed by atoms with E-state index in [1.807, 2.05) is 12.1 Å². The number of carbonyl (C=O) groups is 2. The fourth-order valence-electron chi connectivity index (χ4n) is 3.98. The first-order valence-corrected chi connectivity index (χ1v) is 12.0. The zero-order chi connectivity index (χ0) is 26.7. The Morgan fingerprint density at radius 1 is 1.05 bits per heavy atom. The van der Waals surface area contributed by atoms with Crippen LogP contribution in [0.25, 0.3) is 22.0 Å². The van der Waals surface area contributed by atoms with Crippen LogP contribution in [0.2, 0.25) is 15.1 Å². The van der Waals surface area contributed by atoms with Gasteiger partial charge in [-0.05, 0) is 35.9 Å². The number of ether oxygens (including phenoxy) is 1. The van der Waals surface area contributed by atoms with Gasteiger partial charge in [0.2, 0.25) is 0 Å². The van der Waals surface area contributed by atoms with E-state index in [0.29, 0.717) is 27.2 Å². The molecule has 4 rings (SSSR count). The lowest BCUT2D eigenvalue weighted by Crippen LogP contribution is -2.43. The van der Waals surface area contributed by atoms with E-state index >= 15 is 0 Å². The largest absolute Gasteiger partial charge is 0.467 e. The van der Waals surface area contributed by atoms with Crippen molar-refractivity contribution in [3.05, 3.63) is 98.4 Å². The van der Waals surface area contributed by atoms with Gasteiger partial charge in [-0.3, -0.25) is 9.78 Å². The Morgan fingerprint density at radius 2 is 1.76 bits per heavy atom. The third-order valence-corrected chi connectivity index (χ3v) is 6.61. The van der Waals surface area contributed by atoms with Crippen LogP contribution in [-0.2, 0) is 16.0 Å². The van der Waals surface area contributed by atoms with Gasteiger partial charge < -0.3 is 10.1 Å². The first-order valence-electron chi connectivity index (χ1n) is 10.8. The molecule has 1 N–H and O–H groups in total. The van der Waals surface area contributed by atoms with Gasteiger partial charge in [-0.2, -0.15) is 5.26 Å². The number of rotatable bonds is 6. The number of nitrogens with one attached hydrogen (secondary N) is 1. The van der Waals surface area contributed by atoms with Crippen LogP contribution in [0.5, 0.6) is 0 Å². The number of fused-ring (bicyclic) bond motifs is 1. The summed E-state index contributed by atoms with van der Waals surface area (Å²) in [6, 6.07) is 15.0. The lowest BCUT2D eigenvalue weighted by molar-refractivity contribution is -0.142. The van der Waals surface area contributed by atoms with Crippen molar-refractivity contribution in [2.45, 2.75) is 12.5 Å². The molecule has 0 unspecified atom stereocenters. The zero-order valence-electron chi connectivity index (χ0n) is 19.2. The summed E-state index contributed by atoms with van der Waals surface area (Å²) in [6.07, 6.45) is 1.68. The van der Waals surface area contributed by atoms with Gasteiger partial charge in [0, 0.05) is 34.2 Å². The van der Waals surface area contributed by atoms with Crippen LogP contribution < -0.4 is 5.32 Å². The summed E-state index contributed by atoms with van der Waals surface area (Å²) in [5, 5.41) is 12.5. The molecule has 0 radical (unpaired) electrons. The summed E-state index contributed by atoms with van der Waals surface area (Å²) in [4.78, 5) is 30.1. The summed E-state index contributed by atoms with van der Waals surface area (Å²) < 4.78 is 18.5. The number of hydrogen-bond acceptors (Lipinski definition) is 5. The number of nitriles is 1. The maximum atomic E-state index is 13.6. The van der Waals surface area contributed by atoms with E-state index in [1.165, 1.54) is 7.11 Å². The molecule has 3 aromatic carbocycles. The number of nitrogens with zero attached hydrogens (tertiary/aromatic N) is 2. The maximum Gasteiger partial charge on any atom is 0.328 e. The van der Waals surface area contributed by atoms with Crippen LogP contribution in [0, 0.1) is 17.1 Å². The number of esters is 1. The number of hydrogen-bond donors (Lipinski definition) is 1. The van der Waals surface area contributed by atoms with E-state index in [9.17, 15) is 14.0 Å². The molecule has 1 heterocycles. The number of amides is 1. The average molecular weight is 557 g/mol. The van der Waals surface area contributed by atoms with E-state index in [-0.39, 0.29) is 22.0 Å². The van der Waals surface area contributed by atoms with Crippen LogP contribution in [0.4, 0.5) is 4.39 Å². The molecule has 37 heavy (non-hydrogen) atoms. The second kappa shape index (κ2) is 11.1. The molecule has 4 aromatic rings. The van der Waals surface area contributed by atoms with Crippen molar-refractivity contribution < 1.29 is 18.7 Å². The minimum atomic E-state index is -1.11. The molecule has 186 valence electrons. The molecule has 1 atom stereocenters. The normalized spacial score (nSPS) is 11.6. The van der Waals surface area contributed by atoms with Gasteiger partial charge in [-0.1, -0.05) is 59.1 Å². The fourth-order valence-corrected chi connectivity index (χ4v) is 4.89. The van der Waals surface area contributed by atoms with Crippen molar-refractivity contribution in [3.8, 4) is 17.2 Å². The van der Waals surface area contributed by atoms with Crippen LogP contribution in [0.3, 0.4) is 0 Å². The van der Waals surface area contributed by atoms with Crippen LogP contribution >= 0.6 is 34.8 Å². The van der Waals surface area contributed by atoms with E-state index in [4.69, 9.17) is 44.8 Å². The van der Waals surface area contributed by atoms with Gasteiger partial charge in [0.1, 0.15) is 11.9 Å². The molecule has 0 aliphatic rings. The molecule has 6 nitrogen and oxygen atoms in total. The van der Waals surface area contributed by atoms with E-state index in [0.717, 1.165) is 23.1 Å². The molecule has 0 spiro atoms.